The summed E-state index contributed by atoms with van der Waals surface area (Å²) in [6.45, 7) is 5.29. The predicted octanol–water partition coefficient (Wildman–Crippen LogP) is 2.97. The van der Waals surface area contributed by atoms with Crippen LogP contribution in [0.4, 0.5) is 5.13 Å². The first-order valence-corrected chi connectivity index (χ1v) is 7.27. The zero-order valence-electron chi connectivity index (χ0n) is 9.19. The van der Waals surface area contributed by atoms with Gasteiger partial charge in [-0.3, -0.25) is 0 Å². The van der Waals surface area contributed by atoms with Gasteiger partial charge in [0.05, 0.1) is 0 Å². The summed E-state index contributed by atoms with van der Waals surface area (Å²) in [4.78, 5) is 4.46. The minimum absolute atomic E-state index is 0.428. The monoisotopic (exact) mass is 243 g/mol. The van der Waals surface area contributed by atoms with Crippen LogP contribution in [0, 0.1) is 0 Å². The lowest BCUT2D eigenvalue weighted by molar-refractivity contribution is 0.791. The Morgan fingerprint density at radius 1 is 1.53 bits per heavy atom. The number of hydrogen-bond acceptors (Lipinski definition) is 5. The fourth-order valence-electron chi connectivity index (χ4n) is 1.55. The Labute approximate surface area is 99.2 Å². The van der Waals surface area contributed by atoms with Gasteiger partial charge in [-0.05, 0) is 18.6 Å². The SMILES string of the molecule is CC(C)c1nsc(NCC2CCCS2)n1. The molecule has 2 heterocycles. The lowest BCUT2D eigenvalue weighted by Crippen LogP contribution is -2.13. The highest BCUT2D eigenvalue weighted by Gasteiger charge is 2.16. The van der Waals surface area contributed by atoms with E-state index in [4.69, 9.17) is 0 Å². The molecule has 1 atom stereocenters. The summed E-state index contributed by atoms with van der Waals surface area (Å²) in [6.07, 6.45) is 2.71. The highest BCUT2D eigenvalue weighted by atomic mass is 32.2. The third kappa shape index (κ3) is 3.08. The molecule has 0 bridgehead atoms. The van der Waals surface area contributed by atoms with Crippen LogP contribution in [0.2, 0.25) is 0 Å². The molecule has 0 aliphatic carbocycles. The van der Waals surface area contributed by atoms with Crippen molar-refractivity contribution < 1.29 is 0 Å². The van der Waals surface area contributed by atoms with Crippen LogP contribution in [-0.2, 0) is 0 Å². The third-order valence-corrected chi connectivity index (χ3v) is 4.55. The second-order valence-electron chi connectivity index (χ2n) is 4.13. The smallest absolute Gasteiger partial charge is 0.202 e. The minimum atomic E-state index is 0.428. The number of aromatic nitrogens is 2. The van der Waals surface area contributed by atoms with Crippen LogP contribution in [0.1, 0.15) is 38.4 Å². The molecule has 1 unspecified atom stereocenters. The zero-order valence-corrected chi connectivity index (χ0v) is 10.8. The molecule has 1 aliphatic rings. The van der Waals surface area contributed by atoms with Crippen LogP contribution in [0.15, 0.2) is 0 Å². The van der Waals surface area contributed by atoms with Crippen molar-refractivity contribution >= 4 is 28.4 Å². The predicted molar refractivity (Wildman–Crippen MR) is 68.0 cm³/mol. The maximum Gasteiger partial charge on any atom is 0.202 e. The van der Waals surface area contributed by atoms with Gasteiger partial charge in [-0.1, -0.05) is 13.8 Å². The van der Waals surface area contributed by atoms with Gasteiger partial charge in [0.2, 0.25) is 5.13 Å². The summed E-state index contributed by atoms with van der Waals surface area (Å²) in [5.74, 6) is 2.71. The van der Waals surface area contributed by atoms with E-state index < -0.39 is 0 Å². The van der Waals surface area contributed by atoms with Gasteiger partial charge in [-0.15, -0.1) is 0 Å². The Bertz CT molecular complexity index is 305. The van der Waals surface area contributed by atoms with Crippen molar-refractivity contribution in [2.45, 2.75) is 37.9 Å². The largest absolute Gasteiger partial charge is 0.359 e. The fraction of sp³-hybridized carbons (Fsp3) is 0.800. The number of anilines is 1. The molecule has 0 spiro atoms. The Kier molecular flexibility index (Phi) is 3.86. The van der Waals surface area contributed by atoms with Crippen LogP contribution in [0.25, 0.3) is 0 Å². The normalized spacial score (nSPS) is 21.1. The van der Waals surface area contributed by atoms with Gasteiger partial charge in [-0.2, -0.15) is 16.1 Å². The quantitative estimate of drug-likeness (QED) is 0.882. The third-order valence-electron chi connectivity index (χ3n) is 2.46. The Balaban J connectivity index is 1.82. The van der Waals surface area contributed by atoms with Crippen LogP contribution < -0.4 is 5.32 Å². The van der Waals surface area contributed by atoms with E-state index in [0.29, 0.717) is 5.92 Å². The van der Waals surface area contributed by atoms with Crippen molar-refractivity contribution in [2.75, 3.05) is 17.6 Å². The Morgan fingerprint density at radius 2 is 2.40 bits per heavy atom. The molecular formula is C10H17N3S2. The van der Waals surface area contributed by atoms with Crippen LogP contribution in [0.3, 0.4) is 0 Å². The molecule has 0 radical (unpaired) electrons. The average molecular weight is 243 g/mol. The number of rotatable bonds is 4. The second kappa shape index (κ2) is 5.16. The fourth-order valence-corrected chi connectivity index (χ4v) is 3.46. The highest BCUT2D eigenvalue weighted by molar-refractivity contribution is 8.00. The molecule has 2 rings (SSSR count). The highest BCUT2D eigenvalue weighted by Crippen LogP contribution is 2.26. The maximum atomic E-state index is 4.46. The average Bonchev–Trinajstić information content (AvgIpc) is 2.86. The summed E-state index contributed by atoms with van der Waals surface area (Å²) in [6, 6.07) is 0. The van der Waals surface area contributed by atoms with Crippen molar-refractivity contribution in [1.29, 1.82) is 0 Å². The molecular weight excluding hydrogens is 226 g/mol. The molecule has 1 saturated heterocycles. The van der Waals surface area contributed by atoms with Gasteiger partial charge in [0.15, 0.2) is 0 Å². The van der Waals surface area contributed by atoms with Crippen LogP contribution >= 0.6 is 23.3 Å². The first kappa shape index (κ1) is 11.2. The summed E-state index contributed by atoms with van der Waals surface area (Å²) in [5, 5.41) is 5.14. The first-order valence-electron chi connectivity index (χ1n) is 5.45. The van der Waals surface area contributed by atoms with Crippen molar-refractivity contribution in [1.82, 2.24) is 9.36 Å². The van der Waals surface area contributed by atoms with Gasteiger partial charge in [0.25, 0.3) is 0 Å². The summed E-state index contributed by atoms with van der Waals surface area (Å²) < 4.78 is 4.32. The minimum Gasteiger partial charge on any atom is -0.359 e. The molecule has 15 heavy (non-hydrogen) atoms. The van der Waals surface area contributed by atoms with E-state index in [-0.39, 0.29) is 0 Å². The van der Waals surface area contributed by atoms with Gasteiger partial charge >= 0.3 is 0 Å². The molecule has 3 nitrogen and oxygen atoms in total. The molecule has 0 amide bonds. The zero-order chi connectivity index (χ0) is 10.7. The number of thioether (sulfide) groups is 1. The van der Waals surface area contributed by atoms with Gasteiger partial charge < -0.3 is 5.32 Å². The van der Waals surface area contributed by atoms with Gasteiger partial charge in [0, 0.05) is 29.2 Å². The first-order chi connectivity index (χ1) is 7.25. The van der Waals surface area contributed by atoms with Crippen molar-refractivity contribution in [3.05, 3.63) is 5.82 Å². The Morgan fingerprint density at radius 3 is 3.00 bits per heavy atom. The standard InChI is InChI=1S/C10H17N3S2/c1-7(2)9-12-10(15-13-9)11-6-8-4-3-5-14-8/h7-8H,3-6H2,1-2H3,(H,11,12,13). The maximum absolute atomic E-state index is 4.46. The molecule has 1 fully saturated rings. The van der Waals surface area contributed by atoms with Gasteiger partial charge in [0.1, 0.15) is 5.82 Å². The van der Waals surface area contributed by atoms with E-state index in [1.807, 2.05) is 0 Å². The van der Waals surface area contributed by atoms with E-state index in [1.54, 1.807) is 0 Å². The number of nitrogens with zero attached hydrogens (tertiary/aromatic N) is 2. The molecule has 0 saturated carbocycles. The van der Waals surface area contributed by atoms with Crippen molar-refractivity contribution in [3.63, 3.8) is 0 Å². The van der Waals surface area contributed by atoms with Crippen molar-refractivity contribution in [2.24, 2.45) is 0 Å². The summed E-state index contributed by atoms with van der Waals surface area (Å²) in [5.41, 5.74) is 0. The van der Waals surface area contributed by atoms with E-state index in [0.717, 1.165) is 22.8 Å². The topological polar surface area (TPSA) is 37.8 Å². The number of hydrogen-bond donors (Lipinski definition) is 1. The molecule has 1 aliphatic heterocycles. The Hall–Kier alpha value is -0.290. The molecule has 1 aromatic heterocycles. The van der Waals surface area contributed by atoms with Crippen molar-refractivity contribution in [3.8, 4) is 0 Å². The van der Waals surface area contributed by atoms with E-state index in [2.05, 4.69) is 40.3 Å². The lowest BCUT2D eigenvalue weighted by atomic mass is 10.2. The van der Waals surface area contributed by atoms with E-state index >= 15 is 0 Å². The summed E-state index contributed by atoms with van der Waals surface area (Å²) >= 11 is 3.55. The van der Waals surface area contributed by atoms with Crippen LogP contribution in [0.5, 0.6) is 0 Å². The molecule has 1 N–H and O–H groups in total. The second-order valence-corrected chi connectivity index (χ2v) is 6.29. The molecule has 5 heteroatoms. The van der Waals surface area contributed by atoms with Crippen LogP contribution in [-0.4, -0.2) is 26.9 Å². The number of nitrogens with one attached hydrogen (secondary N) is 1. The van der Waals surface area contributed by atoms with E-state index in [1.165, 1.54) is 30.1 Å². The van der Waals surface area contributed by atoms with E-state index in [9.17, 15) is 0 Å². The molecule has 1 aromatic rings. The van der Waals surface area contributed by atoms with Gasteiger partial charge in [-0.25, -0.2) is 4.98 Å². The summed E-state index contributed by atoms with van der Waals surface area (Å²) in [7, 11) is 0. The lowest BCUT2D eigenvalue weighted by Gasteiger charge is -2.07. The molecule has 84 valence electrons. The molecule has 0 aromatic carbocycles.